The lowest BCUT2D eigenvalue weighted by molar-refractivity contribution is -0.137. The summed E-state index contributed by atoms with van der Waals surface area (Å²) in [7, 11) is 1.63. The van der Waals surface area contributed by atoms with Crippen molar-refractivity contribution in [1.29, 1.82) is 0 Å². The molecule has 1 fully saturated rings. The molecule has 0 spiro atoms. The number of aromatic nitrogens is 2. The van der Waals surface area contributed by atoms with Gasteiger partial charge in [-0.3, -0.25) is 28.8 Å². The highest BCUT2D eigenvalue weighted by atomic mass is 16.4. The third-order valence-corrected chi connectivity index (χ3v) is 5.18. The van der Waals surface area contributed by atoms with E-state index in [0.29, 0.717) is 22.3 Å². The summed E-state index contributed by atoms with van der Waals surface area (Å²) in [5, 5.41) is 14.5. The molecule has 1 saturated heterocycles. The third kappa shape index (κ3) is 3.57. The Morgan fingerprint density at radius 1 is 1.13 bits per heavy atom. The van der Waals surface area contributed by atoms with Gasteiger partial charge in [-0.2, -0.15) is 0 Å². The highest BCUT2D eigenvalue weighted by Crippen LogP contribution is 2.26. The van der Waals surface area contributed by atoms with E-state index in [1.165, 1.54) is 9.13 Å². The third-order valence-electron chi connectivity index (χ3n) is 5.18. The lowest BCUT2D eigenvalue weighted by atomic mass is 10.1. The number of rotatable bonds is 5. The van der Waals surface area contributed by atoms with Gasteiger partial charge in [-0.1, -0.05) is 12.1 Å². The normalized spacial score (nSPS) is 16.5. The number of carbonyl (C=O) groups is 3. The van der Waals surface area contributed by atoms with E-state index in [1.807, 2.05) is 6.07 Å². The zero-order valence-corrected chi connectivity index (χ0v) is 16.2. The number of carbonyl (C=O) groups excluding carboxylic acids is 2. The molecule has 3 N–H and O–H groups in total. The van der Waals surface area contributed by atoms with Gasteiger partial charge in [-0.25, -0.2) is 4.79 Å². The highest BCUT2D eigenvalue weighted by Gasteiger charge is 2.31. The Morgan fingerprint density at radius 3 is 2.63 bits per heavy atom. The van der Waals surface area contributed by atoms with E-state index >= 15 is 0 Å². The second kappa shape index (κ2) is 7.51. The molecule has 2 amide bonds. The van der Waals surface area contributed by atoms with Crippen molar-refractivity contribution in [3.8, 4) is 0 Å². The molecule has 3 aromatic rings. The highest BCUT2D eigenvalue weighted by molar-refractivity contribution is 6.00. The number of imide groups is 1. The van der Waals surface area contributed by atoms with Crippen LogP contribution in [0.1, 0.15) is 24.4 Å². The molecule has 0 saturated carbocycles. The van der Waals surface area contributed by atoms with Crippen LogP contribution >= 0.6 is 0 Å². The summed E-state index contributed by atoms with van der Waals surface area (Å²) in [4.78, 5) is 47.5. The van der Waals surface area contributed by atoms with E-state index in [-0.39, 0.29) is 30.9 Å². The van der Waals surface area contributed by atoms with Crippen LogP contribution in [-0.2, 0) is 27.9 Å². The van der Waals surface area contributed by atoms with E-state index < -0.39 is 17.9 Å². The molecule has 1 atom stereocenters. The number of piperidine rings is 1. The van der Waals surface area contributed by atoms with Crippen LogP contribution in [0.3, 0.4) is 0 Å². The molecule has 1 aliphatic rings. The quantitative estimate of drug-likeness (QED) is 0.552. The number of hydrogen-bond donors (Lipinski definition) is 3. The van der Waals surface area contributed by atoms with Crippen molar-refractivity contribution >= 4 is 40.2 Å². The smallest absolute Gasteiger partial charge is 0.329 e. The first-order valence-corrected chi connectivity index (χ1v) is 9.46. The van der Waals surface area contributed by atoms with Gasteiger partial charge >= 0.3 is 11.7 Å². The largest absolute Gasteiger partial charge is 0.481 e. The maximum absolute atomic E-state index is 12.8. The summed E-state index contributed by atoms with van der Waals surface area (Å²) in [5.41, 5.74) is 3.01. The van der Waals surface area contributed by atoms with Crippen molar-refractivity contribution in [2.24, 2.45) is 7.05 Å². The SMILES string of the molecule is Cn1c(=O)n(C2CCC(=O)NC2=O)c2ccc(Nc3cccc(CC(=O)O)c3)cc21. The van der Waals surface area contributed by atoms with Crippen molar-refractivity contribution in [1.82, 2.24) is 14.5 Å². The number of hydrogen-bond acceptors (Lipinski definition) is 5. The first-order valence-electron chi connectivity index (χ1n) is 9.46. The van der Waals surface area contributed by atoms with Crippen molar-refractivity contribution in [3.63, 3.8) is 0 Å². The lowest BCUT2D eigenvalue weighted by Gasteiger charge is -2.21. The summed E-state index contributed by atoms with van der Waals surface area (Å²) in [6, 6.07) is 11.7. The van der Waals surface area contributed by atoms with Crippen molar-refractivity contribution in [2.45, 2.75) is 25.3 Å². The number of aryl methyl sites for hydroxylation is 1. The van der Waals surface area contributed by atoms with Crippen LogP contribution in [-0.4, -0.2) is 32.0 Å². The Bertz CT molecular complexity index is 1240. The summed E-state index contributed by atoms with van der Waals surface area (Å²) in [5.74, 6) is -1.71. The van der Waals surface area contributed by atoms with E-state index in [0.717, 1.165) is 5.69 Å². The van der Waals surface area contributed by atoms with Crippen LogP contribution in [0.25, 0.3) is 11.0 Å². The molecule has 0 bridgehead atoms. The van der Waals surface area contributed by atoms with Gasteiger partial charge in [0, 0.05) is 24.8 Å². The molecular formula is C21H20N4O5. The van der Waals surface area contributed by atoms with Gasteiger partial charge in [0.25, 0.3) is 0 Å². The van der Waals surface area contributed by atoms with Gasteiger partial charge in [0.15, 0.2) is 0 Å². The molecule has 1 aliphatic heterocycles. The molecule has 1 aromatic heterocycles. The summed E-state index contributed by atoms with van der Waals surface area (Å²) in [6.45, 7) is 0. The fraction of sp³-hybridized carbons (Fsp3) is 0.238. The van der Waals surface area contributed by atoms with Crippen molar-refractivity contribution in [3.05, 3.63) is 58.5 Å². The first kappa shape index (κ1) is 19.4. The van der Waals surface area contributed by atoms with Gasteiger partial charge in [0.2, 0.25) is 11.8 Å². The van der Waals surface area contributed by atoms with Crippen LogP contribution in [0.5, 0.6) is 0 Å². The number of imidazole rings is 1. The lowest BCUT2D eigenvalue weighted by Crippen LogP contribution is -2.44. The minimum Gasteiger partial charge on any atom is -0.481 e. The fourth-order valence-corrected chi connectivity index (χ4v) is 3.77. The van der Waals surface area contributed by atoms with E-state index in [1.54, 1.807) is 43.4 Å². The predicted molar refractivity (Wildman–Crippen MR) is 110 cm³/mol. The number of anilines is 2. The van der Waals surface area contributed by atoms with Crippen molar-refractivity contribution < 1.29 is 19.5 Å². The Hall–Kier alpha value is -3.88. The van der Waals surface area contributed by atoms with Gasteiger partial charge < -0.3 is 10.4 Å². The summed E-state index contributed by atoms with van der Waals surface area (Å²) < 4.78 is 2.89. The topological polar surface area (TPSA) is 122 Å². The fourth-order valence-electron chi connectivity index (χ4n) is 3.77. The zero-order chi connectivity index (χ0) is 21.4. The maximum Gasteiger partial charge on any atom is 0.329 e. The average Bonchev–Trinajstić information content (AvgIpc) is 2.92. The molecule has 154 valence electrons. The van der Waals surface area contributed by atoms with Crippen LogP contribution < -0.4 is 16.3 Å². The number of carboxylic acids is 1. The average molecular weight is 408 g/mol. The van der Waals surface area contributed by atoms with E-state index in [4.69, 9.17) is 5.11 Å². The number of benzene rings is 2. The molecule has 2 heterocycles. The molecule has 30 heavy (non-hydrogen) atoms. The van der Waals surface area contributed by atoms with Crippen LogP contribution in [0.4, 0.5) is 11.4 Å². The first-order chi connectivity index (χ1) is 14.3. The second-order valence-corrected chi connectivity index (χ2v) is 7.28. The van der Waals surface area contributed by atoms with Crippen LogP contribution in [0, 0.1) is 0 Å². The molecule has 0 aliphatic carbocycles. The summed E-state index contributed by atoms with van der Waals surface area (Å²) in [6.07, 6.45) is 0.392. The Labute approximate surface area is 170 Å². The standard InChI is InChI=1S/C21H20N4O5/c1-24-17-11-14(22-13-4-2-3-12(9-13)10-19(27)28)5-6-15(17)25(21(24)30)16-7-8-18(26)23-20(16)29/h2-6,9,11,16,22H,7-8,10H2,1H3,(H,27,28)(H,23,26,29). The zero-order valence-electron chi connectivity index (χ0n) is 16.2. The van der Waals surface area contributed by atoms with Crippen molar-refractivity contribution in [2.75, 3.05) is 5.32 Å². The molecule has 2 aromatic carbocycles. The molecule has 4 rings (SSSR count). The Morgan fingerprint density at radius 2 is 1.90 bits per heavy atom. The Balaban J connectivity index is 1.68. The van der Waals surface area contributed by atoms with E-state index in [2.05, 4.69) is 10.6 Å². The monoisotopic (exact) mass is 408 g/mol. The predicted octanol–water partition coefficient (Wildman–Crippen LogP) is 1.69. The van der Waals surface area contributed by atoms with Gasteiger partial charge in [-0.15, -0.1) is 0 Å². The number of aliphatic carboxylic acids is 1. The number of carboxylic acid groups (broad SMARTS) is 1. The molecular weight excluding hydrogens is 388 g/mol. The minimum absolute atomic E-state index is 0.0716. The van der Waals surface area contributed by atoms with Gasteiger partial charge in [-0.05, 0) is 42.3 Å². The molecule has 9 heteroatoms. The van der Waals surface area contributed by atoms with Gasteiger partial charge in [0.05, 0.1) is 17.5 Å². The van der Waals surface area contributed by atoms with Crippen LogP contribution in [0.2, 0.25) is 0 Å². The Kier molecular flexibility index (Phi) is 4.86. The molecule has 9 nitrogen and oxygen atoms in total. The van der Waals surface area contributed by atoms with Gasteiger partial charge in [0.1, 0.15) is 6.04 Å². The maximum atomic E-state index is 12.8. The number of fused-ring (bicyclic) bond motifs is 1. The number of amides is 2. The molecule has 1 unspecified atom stereocenters. The number of nitrogens with one attached hydrogen (secondary N) is 2. The number of nitrogens with zero attached hydrogens (tertiary/aromatic N) is 2. The molecule has 0 radical (unpaired) electrons. The minimum atomic E-state index is -0.904. The summed E-state index contributed by atoms with van der Waals surface area (Å²) >= 11 is 0. The van der Waals surface area contributed by atoms with Crippen LogP contribution in [0.15, 0.2) is 47.3 Å². The second-order valence-electron chi connectivity index (χ2n) is 7.28. The van der Waals surface area contributed by atoms with E-state index in [9.17, 15) is 19.2 Å².